The van der Waals surface area contributed by atoms with Crippen LogP contribution in [-0.2, 0) is 6.42 Å². The molecule has 44 heavy (non-hydrogen) atoms. The summed E-state index contributed by atoms with van der Waals surface area (Å²) in [4.78, 5) is 0. The third kappa shape index (κ3) is 3.85. The fraction of sp³-hybridized carbons (Fsp3) is 0.0455. The van der Waals surface area contributed by atoms with Gasteiger partial charge in [0.05, 0.1) is 0 Å². The molecule has 206 valence electrons. The van der Waals surface area contributed by atoms with Crippen molar-refractivity contribution >= 4 is 48.7 Å². The van der Waals surface area contributed by atoms with Crippen molar-refractivity contribution in [3.05, 3.63) is 174 Å². The molecule has 9 rings (SSSR count). The highest BCUT2D eigenvalue weighted by atomic mass is 14.2. The van der Waals surface area contributed by atoms with Crippen LogP contribution in [0.4, 0.5) is 0 Å². The molecular weight excluding hydrogens is 528 g/mol. The second kappa shape index (κ2) is 10.1. The van der Waals surface area contributed by atoms with Crippen molar-refractivity contribution < 1.29 is 0 Å². The van der Waals surface area contributed by atoms with Gasteiger partial charge in [0.15, 0.2) is 0 Å². The summed E-state index contributed by atoms with van der Waals surface area (Å²) in [6.07, 6.45) is 4.62. The summed E-state index contributed by atoms with van der Waals surface area (Å²) < 4.78 is 0. The third-order valence-corrected chi connectivity index (χ3v) is 9.52. The molecule has 1 aliphatic rings. The minimum atomic E-state index is 1.08. The Bertz CT molecular complexity index is 2380. The number of hydrogen-bond donors (Lipinski definition) is 0. The molecular formula is C44H30. The van der Waals surface area contributed by atoms with Gasteiger partial charge in [0.25, 0.3) is 0 Å². The lowest BCUT2D eigenvalue weighted by atomic mass is 9.81. The molecule has 0 atom stereocenters. The molecule has 0 heterocycles. The van der Waals surface area contributed by atoms with Crippen LogP contribution in [0.1, 0.15) is 23.1 Å². The van der Waals surface area contributed by atoms with Gasteiger partial charge in [0.2, 0.25) is 0 Å². The van der Waals surface area contributed by atoms with Gasteiger partial charge in [0, 0.05) is 0 Å². The fourth-order valence-corrected chi connectivity index (χ4v) is 7.56. The zero-order chi connectivity index (χ0) is 29.0. The van der Waals surface area contributed by atoms with E-state index < -0.39 is 0 Å². The maximum absolute atomic E-state index is 2.44. The predicted molar refractivity (Wildman–Crippen MR) is 189 cm³/mol. The molecule has 0 aromatic heterocycles. The van der Waals surface area contributed by atoms with Crippen molar-refractivity contribution in [3.63, 3.8) is 0 Å². The van der Waals surface area contributed by atoms with Crippen molar-refractivity contribution in [2.24, 2.45) is 0 Å². The molecule has 0 N–H and O–H groups in total. The van der Waals surface area contributed by atoms with Gasteiger partial charge >= 0.3 is 0 Å². The first-order valence-corrected chi connectivity index (χ1v) is 15.6. The Kier molecular flexibility index (Phi) is 5.74. The van der Waals surface area contributed by atoms with Crippen LogP contribution in [0.5, 0.6) is 0 Å². The van der Waals surface area contributed by atoms with E-state index in [0.29, 0.717) is 0 Å². The third-order valence-electron chi connectivity index (χ3n) is 9.52. The smallest absolute Gasteiger partial charge is 0.00201 e. The maximum Gasteiger partial charge on any atom is -0.00201 e. The first kappa shape index (κ1) is 25.1. The van der Waals surface area contributed by atoms with Crippen LogP contribution < -0.4 is 0 Å². The number of aryl methyl sites for hydroxylation is 1. The zero-order valence-electron chi connectivity index (χ0n) is 24.4. The highest BCUT2D eigenvalue weighted by Gasteiger charge is 2.21. The van der Waals surface area contributed by atoms with Gasteiger partial charge in [-0.25, -0.2) is 0 Å². The van der Waals surface area contributed by atoms with Crippen LogP contribution >= 0.6 is 0 Å². The molecule has 0 aliphatic heterocycles. The van der Waals surface area contributed by atoms with Crippen molar-refractivity contribution in [1.82, 2.24) is 0 Å². The van der Waals surface area contributed by atoms with Crippen LogP contribution in [0.2, 0.25) is 0 Å². The highest BCUT2D eigenvalue weighted by Crippen LogP contribution is 2.47. The van der Waals surface area contributed by atoms with Gasteiger partial charge in [-0.15, -0.1) is 0 Å². The molecule has 0 saturated carbocycles. The second-order valence-corrected chi connectivity index (χ2v) is 11.9. The van der Waals surface area contributed by atoms with Gasteiger partial charge < -0.3 is 0 Å². The zero-order valence-corrected chi connectivity index (χ0v) is 24.4. The summed E-state index contributed by atoms with van der Waals surface area (Å²) in [6.45, 7) is 0. The largest absolute Gasteiger partial charge is 0.0757 e. The SMILES string of the molecule is C1=C(c2ccc(-c3c4ccccc4c(-c4ccc5ccccc5c4)c4ccccc34)c3ccccc23)c2ccccc2CC1. The average Bonchev–Trinajstić information content (AvgIpc) is 3.10. The van der Waals surface area contributed by atoms with E-state index in [0.717, 1.165) is 12.8 Å². The van der Waals surface area contributed by atoms with E-state index in [1.807, 2.05) is 0 Å². The maximum atomic E-state index is 2.44. The van der Waals surface area contributed by atoms with E-state index in [2.05, 4.69) is 158 Å². The number of benzene rings is 8. The van der Waals surface area contributed by atoms with Crippen LogP contribution in [0.3, 0.4) is 0 Å². The molecule has 0 amide bonds. The average molecular weight is 559 g/mol. The van der Waals surface area contributed by atoms with Crippen molar-refractivity contribution in [2.75, 3.05) is 0 Å². The molecule has 1 aliphatic carbocycles. The Morgan fingerprint density at radius 3 is 1.64 bits per heavy atom. The van der Waals surface area contributed by atoms with Crippen LogP contribution in [0, 0.1) is 0 Å². The fourth-order valence-electron chi connectivity index (χ4n) is 7.56. The van der Waals surface area contributed by atoms with E-state index >= 15 is 0 Å². The Balaban J connectivity index is 1.34. The van der Waals surface area contributed by atoms with E-state index in [1.54, 1.807) is 0 Å². The van der Waals surface area contributed by atoms with Crippen LogP contribution in [-0.4, -0.2) is 0 Å². The van der Waals surface area contributed by atoms with Crippen molar-refractivity contribution in [1.29, 1.82) is 0 Å². The molecule has 8 aromatic carbocycles. The molecule has 0 spiro atoms. The van der Waals surface area contributed by atoms with Crippen molar-refractivity contribution in [3.8, 4) is 22.3 Å². The lowest BCUT2D eigenvalue weighted by Gasteiger charge is -2.22. The van der Waals surface area contributed by atoms with E-state index in [4.69, 9.17) is 0 Å². The van der Waals surface area contributed by atoms with Gasteiger partial charge in [-0.05, 0) is 107 Å². The summed E-state index contributed by atoms with van der Waals surface area (Å²) in [5.74, 6) is 0. The molecule has 0 saturated heterocycles. The number of allylic oxidation sites excluding steroid dienone is 1. The normalized spacial score (nSPS) is 13.0. The van der Waals surface area contributed by atoms with Gasteiger partial charge in [-0.1, -0.05) is 152 Å². The summed E-state index contributed by atoms with van der Waals surface area (Å²) in [5, 5.41) is 10.3. The van der Waals surface area contributed by atoms with Gasteiger partial charge in [-0.2, -0.15) is 0 Å². The lowest BCUT2D eigenvalue weighted by Crippen LogP contribution is -2.01. The topological polar surface area (TPSA) is 0 Å². The Labute approximate surface area is 257 Å². The Morgan fingerprint density at radius 2 is 0.909 bits per heavy atom. The molecule has 0 radical (unpaired) electrons. The first-order valence-electron chi connectivity index (χ1n) is 15.6. The van der Waals surface area contributed by atoms with Gasteiger partial charge in [0.1, 0.15) is 0 Å². The number of rotatable bonds is 3. The Morgan fingerprint density at radius 1 is 0.364 bits per heavy atom. The lowest BCUT2D eigenvalue weighted by molar-refractivity contribution is 0.978. The molecule has 0 bridgehead atoms. The second-order valence-electron chi connectivity index (χ2n) is 11.9. The van der Waals surface area contributed by atoms with Crippen LogP contribution in [0.15, 0.2) is 158 Å². The highest BCUT2D eigenvalue weighted by molar-refractivity contribution is 6.24. The minimum absolute atomic E-state index is 1.08. The molecule has 0 unspecified atom stereocenters. The van der Waals surface area contributed by atoms with Gasteiger partial charge in [-0.3, -0.25) is 0 Å². The number of fused-ring (bicyclic) bond motifs is 5. The summed E-state index contributed by atoms with van der Waals surface area (Å²) in [5.41, 5.74) is 10.6. The van der Waals surface area contributed by atoms with E-state index in [1.165, 1.54) is 87.6 Å². The first-order chi connectivity index (χ1) is 21.8. The number of hydrogen-bond acceptors (Lipinski definition) is 0. The molecule has 0 nitrogen and oxygen atoms in total. The standard InChI is InChI=1S/C44H30/c1-2-14-31-28-32(25-24-29(31)12-1)43-38-19-7-9-21-40(38)44(41-22-10-8-20-39(41)43)42-27-26-37(35-17-5-6-18-36(35)42)34-23-11-15-30-13-3-4-16-33(30)34/h1-10,12-14,16-28H,11,15H2. The van der Waals surface area contributed by atoms with E-state index in [-0.39, 0.29) is 0 Å². The van der Waals surface area contributed by atoms with E-state index in [9.17, 15) is 0 Å². The Hall–Kier alpha value is -5.46. The molecule has 0 heteroatoms. The predicted octanol–water partition coefficient (Wildman–Crippen LogP) is 12.0. The van der Waals surface area contributed by atoms with Crippen molar-refractivity contribution in [2.45, 2.75) is 12.8 Å². The minimum Gasteiger partial charge on any atom is -0.0757 e. The quantitative estimate of drug-likeness (QED) is 0.189. The summed E-state index contributed by atoms with van der Waals surface area (Å²) >= 11 is 0. The summed E-state index contributed by atoms with van der Waals surface area (Å²) in [7, 11) is 0. The molecule has 8 aromatic rings. The summed E-state index contributed by atoms with van der Waals surface area (Å²) in [6, 6.07) is 56.1. The molecule has 0 fully saturated rings. The van der Waals surface area contributed by atoms with Crippen LogP contribution in [0.25, 0.3) is 70.9 Å². The monoisotopic (exact) mass is 558 g/mol.